The number of aromatic nitrogens is 1. The molecule has 1 rings (SSSR count). The van der Waals surface area contributed by atoms with E-state index >= 15 is 0 Å². The Kier molecular flexibility index (Phi) is 7.26. The first-order chi connectivity index (χ1) is 9.63. The fourth-order valence-electron chi connectivity index (χ4n) is 1.32. The number of methoxy groups -OCH3 is 1. The molecule has 0 aliphatic heterocycles. The number of nitrogens with zero attached hydrogens (tertiary/aromatic N) is 2. The number of guanidine groups is 1. The molecule has 0 unspecified atom stereocenters. The summed E-state index contributed by atoms with van der Waals surface area (Å²) >= 11 is 0. The van der Waals surface area contributed by atoms with Crippen molar-refractivity contribution in [3.05, 3.63) is 23.9 Å². The number of hydrogen-bond donors (Lipinski definition) is 2. The smallest absolute Gasteiger partial charge is 0.272 e. The van der Waals surface area contributed by atoms with Gasteiger partial charge in [-0.2, -0.15) is 0 Å². The van der Waals surface area contributed by atoms with Crippen molar-refractivity contribution in [2.75, 3.05) is 26.9 Å². The molecule has 0 spiro atoms. The third-order valence-electron chi connectivity index (χ3n) is 2.23. The summed E-state index contributed by atoms with van der Waals surface area (Å²) in [4.78, 5) is 7.97. The molecule has 0 saturated carbocycles. The number of hydrogen-bond acceptors (Lipinski definition) is 4. The zero-order chi connectivity index (χ0) is 14.8. The van der Waals surface area contributed by atoms with Crippen LogP contribution in [0.25, 0.3) is 0 Å². The van der Waals surface area contributed by atoms with Gasteiger partial charge in [0.15, 0.2) is 12.6 Å². The largest absolute Gasteiger partial charge is 0.471 e. The number of halogens is 2. The third kappa shape index (κ3) is 6.28. The Labute approximate surface area is 116 Å². The van der Waals surface area contributed by atoms with E-state index < -0.39 is 13.0 Å². The standard InChI is InChI=1S/C12H18F2N4O2/c1-19-6-5-17-12(15)18-7-9-3-2-4-16-11(9)20-8-10(13)14/h2-4,10H,5-8H2,1H3,(H3,15,17,18). The summed E-state index contributed by atoms with van der Waals surface area (Å²) in [7, 11) is 1.58. The van der Waals surface area contributed by atoms with Crippen molar-refractivity contribution >= 4 is 5.96 Å². The maximum Gasteiger partial charge on any atom is 0.272 e. The topological polar surface area (TPSA) is 81.8 Å². The van der Waals surface area contributed by atoms with Crippen LogP contribution < -0.4 is 15.8 Å². The fraction of sp³-hybridized carbons (Fsp3) is 0.500. The summed E-state index contributed by atoms with van der Waals surface area (Å²) in [5, 5.41) is 2.85. The highest BCUT2D eigenvalue weighted by Crippen LogP contribution is 2.15. The predicted octanol–water partition coefficient (Wildman–Crippen LogP) is 0.776. The number of ether oxygens (including phenoxy) is 2. The average molecular weight is 288 g/mol. The lowest BCUT2D eigenvalue weighted by Crippen LogP contribution is -2.34. The van der Waals surface area contributed by atoms with Crippen LogP contribution in [0.2, 0.25) is 0 Å². The summed E-state index contributed by atoms with van der Waals surface area (Å²) in [5.41, 5.74) is 6.22. The van der Waals surface area contributed by atoms with E-state index in [9.17, 15) is 8.78 Å². The Hall–Kier alpha value is -1.96. The first-order valence-electron chi connectivity index (χ1n) is 6.01. The van der Waals surface area contributed by atoms with Crippen LogP contribution in [0.1, 0.15) is 5.56 Å². The van der Waals surface area contributed by atoms with Crippen LogP contribution in [0, 0.1) is 0 Å². The van der Waals surface area contributed by atoms with Gasteiger partial charge < -0.3 is 20.5 Å². The average Bonchev–Trinajstić information content (AvgIpc) is 2.44. The van der Waals surface area contributed by atoms with Crippen molar-refractivity contribution in [3.63, 3.8) is 0 Å². The van der Waals surface area contributed by atoms with Gasteiger partial charge in [0.25, 0.3) is 6.43 Å². The van der Waals surface area contributed by atoms with E-state index in [-0.39, 0.29) is 18.4 Å². The van der Waals surface area contributed by atoms with Crippen LogP contribution in [-0.2, 0) is 11.3 Å². The van der Waals surface area contributed by atoms with Gasteiger partial charge in [-0.05, 0) is 6.07 Å². The quantitative estimate of drug-likeness (QED) is 0.419. The van der Waals surface area contributed by atoms with E-state index in [1.807, 2.05) is 0 Å². The molecule has 0 bridgehead atoms. The van der Waals surface area contributed by atoms with Gasteiger partial charge in [-0.1, -0.05) is 6.07 Å². The summed E-state index contributed by atoms with van der Waals surface area (Å²) < 4.78 is 34.0. The molecule has 0 fully saturated rings. The highest BCUT2D eigenvalue weighted by molar-refractivity contribution is 5.77. The Bertz CT molecular complexity index is 430. The van der Waals surface area contributed by atoms with Crippen LogP contribution in [0.5, 0.6) is 5.88 Å². The maximum absolute atomic E-state index is 12.1. The lowest BCUT2D eigenvalue weighted by Gasteiger charge is -2.09. The number of nitrogens with one attached hydrogen (secondary N) is 1. The molecule has 3 N–H and O–H groups in total. The summed E-state index contributed by atoms with van der Waals surface area (Å²) in [5.74, 6) is 0.381. The molecule has 0 aliphatic rings. The third-order valence-corrected chi connectivity index (χ3v) is 2.23. The molecular weight excluding hydrogens is 270 g/mol. The molecule has 1 aromatic rings. The van der Waals surface area contributed by atoms with Gasteiger partial charge in [0.2, 0.25) is 5.88 Å². The van der Waals surface area contributed by atoms with Crippen molar-refractivity contribution in [1.29, 1.82) is 0 Å². The van der Waals surface area contributed by atoms with Crippen molar-refractivity contribution < 1.29 is 18.3 Å². The van der Waals surface area contributed by atoms with Crippen molar-refractivity contribution in [1.82, 2.24) is 10.3 Å². The number of alkyl halides is 2. The van der Waals surface area contributed by atoms with Crippen molar-refractivity contribution in [2.45, 2.75) is 13.0 Å². The van der Waals surface area contributed by atoms with E-state index in [1.54, 1.807) is 19.2 Å². The second kappa shape index (κ2) is 9.03. The minimum Gasteiger partial charge on any atom is -0.471 e. The van der Waals surface area contributed by atoms with E-state index in [2.05, 4.69) is 15.3 Å². The zero-order valence-corrected chi connectivity index (χ0v) is 11.2. The van der Waals surface area contributed by atoms with E-state index in [1.165, 1.54) is 6.20 Å². The van der Waals surface area contributed by atoms with Gasteiger partial charge >= 0.3 is 0 Å². The first-order valence-corrected chi connectivity index (χ1v) is 6.01. The van der Waals surface area contributed by atoms with Gasteiger partial charge in [-0.15, -0.1) is 0 Å². The molecule has 0 radical (unpaired) electrons. The zero-order valence-electron chi connectivity index (χ0n) is 11.2. The lowest BCUT2D eigenvalue weighted by molar-refractivity contribution is 0.0791. The highest BCUT2D eigenvalue weighted by Gasteiger charge is 2.08. The van der Waals surface area contributed by atoms with Gasteiger partial charge in [0.1, 0.15) is 0 Å². The minimum atomic E-state index is -2.55. The van der Waals surface area contributed by atoms with Crippen LogP contribution in [-0.4, -0.2) is 44.2 Å². The summed E-state index contributed by atoms with van der Waals surface area (Å²) in [6.45, 7) is 0.535. The van der Waals surface area contributed by atoms with E-state index in [0.717, 1.165) is 0 Å². The van der Waals surface area contributed by atoms with Crippen LogP contribution in [0.15, 0.2) is 23.3 Å². The first kappa shape index (κ1) is 16.1. The number of aliphatic imine (C=N–C) groups is 1. The SMILES string of the molecule is COCCNC(N)=NCc1cccnc1OCC(F)F. The lowest BCUT2D eigenvalue weighted by atomic mass is 10.3. The molecule has 0 amide bonds. The molecule has 8 heteroatoms. The molecule has 0 aromatic carbocycles. The highest BCUT2D eigenvalue weighted by atomic mass is 19.3. The second-order valence-electron chi connectivity index (χ2n) is 3.79. The second-order valence-corrected chi connectivity index (χ2v) is 3.79. The number of rotatable bonds is 8. The summed E-state index contributed by atoms with van der Waals surface area (Å²) in [6.07, 6.45) is -1.08. The molecule has 6 nitrogen and oxygen atoms in total. The van der Waals surface area contributed by atoms with Crippen molar-refractivity contribution in [3.8, 4) is 5.88 Å². The number of nitrogens with two attached hydrogens (primary N) is 1. The predicted molar refractivity (Wildman–Crippen MR) is 70.9 cm³/mol. The van der Waals surface area contributed by atoms with Crippen LogP contribution in [0.3, 0.4) is 0 Å². The van der Waals surface area contributed by atoms with Crippen LogP contribution in [0.4, 0.5) is 8.78 Å². The molecule has 1 aromatic heterocycles. The van der Waals surface area contributed by atoms with Gasteiger partial charge in [-0.3, -0.25) is 0 Å². The molecule has 0 saturated heterocycles. The van der Waals surface area contributed by atoms with E-state index in [4.69, 9.17) is 15.2 Å². The Morgan fingerprint density at radius 2 is 2.35 bits per heavy atom. The Balaban J connectivity index is 2.55. The molecule has 1 heterocycles. The van der Waals surface area contributed by atoms with Crippen LogP contribution >= 0.6 is 0 Å². The monoisotopic (exact) mass is 288 g/mol. The van der Waals surface area contributed by atoms with E-state index in [0.29, 0.717) is 18.7 Å². The molecule has 20 heavy (non-hydrogen) atoms. The maximum atomic E-state index is 12.1. The normalized spacial score (nSPS) is 11.7. The molecule has 112 valence electrons. The Morgan fingerprint density at radius 3 is 3.05 bits per heavy atom. The van der Waals surface area contributed by atoms with Gasteiger partial charge in [-0.25, -0.2) is 18.8 Å². The fourth-order valence-corrected chi connectivity index (χ4v) is 1.32. The molecule has 0 aliphatic carbocycles. The minimum absolute atomic E-state index is 0.140. The Morgan fingerprint density at radius 1 is 1.55 bits per heavy atom. The summed E-state index contributed by atoms with van der Waals surface area (Å²) in [6, 6.07) is 3.37. The molecule has 0 atom stereocenters. The van der Waals surface area contributed by atoms with Crippen molar-refractivity contribution in [2.24, 2.45) is 10.7 Å². The molecular formula is C12H18F2N4O2. The van der Waals surface area contributed by atoms with Gasteiger partial charge in [0.05, 0.1) is 13.2 Å². The van der Waals surface area contributed by atoms with Gasteiger partial charge in [0, 0.05) is 25.4 Å². The number of pyridine rings is 1.